The van der Waals surface area contributed by atoms with Crippen molar-refractivity contribution in [3.8, 4) is 0 Å². The first kappa shape index (κ1) is 12.0. The number of hydrogen-bond acceptors (Lipinski definition) is 3. The van der Waals surface area contributed by atoms with Crippen LogP contribution in [0.1, 0.15) is 24.0 Å². The number of esters is 1. The number of rotatable bonds is 5. The van der Waals surface area contributed by atoms with Gasteiger partial charge in [-0.25, -0.2) is 0 Å². The van der Waals surface area contributed by atoms with Crippen molar-refractivity contribution < 1.29 is 9.53 Å². The summed E-state index contributed by atoms with van der Waals surface area (Å²) in [6.45, 7) is 0.480. The summed E-state index contributed by atoms with van der Waals surface area (Å²) in [5.74, 6) is -0.315. The highest BCUT2D eigenvalue weighted by molar-refractivity contribution is 6.20. The molecule has 1 rings (SSSR count). The normalized spacial score (nSPS) is 12.1. The van der Waals surface area contributed by atoms with Gasteiger partial charge in [0.15, 0.2) is 0 Å². The maximum absolute atomic E-state index is 11.2. The van der Waals surface area contributed by atoms with E-state index in [1.165, 1.54) is 0 Å². The van der Waals surface area contributed by atoms with Crippen molar-refractivity contribution in [3.63, 3.8) is 0 Å². The number of hydrogen-bond donors (Lipinski definition) is 1. The van der Waals surface area contributed by atoms with Crippen LogP contribution in [0.2, 0.25) is 0 Å². The Morgan fingerprint density at radius 3 is 2.67 bits per heavy atom. The molecule has 1 aromatic carbocycles. The Morgan fingerprint density at radius 1 is 1.40 bits per heavy atom. The highest BCUT2D eigenvalue weighted by Gasteiger charge is 2.12. The first-order valence-electron chi connectivity index (χ1n) is 4.82. The lowest BCUT2D eigenvalue weighted by Crippen LogP contribution is -2.09. The van der Waals surface area contributed by atoms with Crippen LogP contribution in [0.5, 0.6) is 0 Å². The lowest BCUT2D eigenvalue weighted by atomic mass is 10.2. The Balaban J connectivity index is 2.42. The molecule has 0 aromatic heterocycles. The number of carbonyl (C=O) groups is 1. The van der Waals surface area contributed by atoms with Crippen molar-refractivity contribution in [2.24, 2.45) is 5.73 Å². The van der Waals surface area contributed by atoms with Crippen LogP contribution in [0.25, 0.3) is 0 Å². The van der Waals surface area contributed by atoms with E-state index in [1.54, 1.807) is 0 Å². The van der Waals surface area contributed by atoms with Crippen molar-refractivity contribution in [2.75, 3.05) is 6.54 Å². The summed E-state index contributed by atoms with van der Waals surface area (Å²) in [5, 5.41) is 0. The van der Waals surface area contributed by atoms with Gasteiger partial charge in [-0.05, 0) is 13.0 Å². The minimum Gasteiger partial charge on any atom is -0.441 e. The second-order valence-electron chi connectivity index (χ2n) is 3.11. The van der Waals surface area contributed by atoms with Gasteiger partial charge in [0.05, 0.1) is 0 Å². The van der Waals surface area contributed by atoms with Crippen LogP contribution in [0.4, 0.5) is 0 Å². The maximum atomic E-state index is 11.2. The van der Waals surface area contributed by atoms with Gasteiger partial charge in [-0.2, -0.15) is 0 Å². The number of nitrogens with two attached hydrogens (primary N) is 1. The fourth-order valence-corrected chi connectivity index (χ4v) is 1.34. The Bertz CT molecular complexity index is 303. The van der Waals surface area contributed by atoms with Crippen LogP contribution in [0.15, 0.2) is 30.3 Å². The van der Waals surface area contributed by atoms with E-state index in [2.05, 4.69) is 0 Å². The average Bonchev–Trinajstić information content (AvgIpc) is 2.27. The summed E-state index contributed by atoms with van der Waals surface area (Å²) in [6, 6.07) is 9.20. The van der Waals surface area contributed by atoms with Gasteiger partial charge in [0, 0.05) is 12.0 Å². The predicted octanol–water partition coefficient (Wildman–Crippen LogP) is 2.21. The molecule has 82 valence electrons. The molecule has 0 aliphatic heterocycles. The van der Waals surface area contributed by atoms with Gasteiger partial charge in [0.25, 0.3) is 0 Å². The van der Waals surface area contributed by atoms with Gasteiger partial charge in [-0.15, -0.1) is 0 Å². The monoisotopic (exact) mass is 227 g/mol. The third-order valence-corrected chi connectivity index (χ3v) is 2.22. The van der Waals surface area contributed by atoms with E-state index < -0.39 is 5.56 Å². The quantitative estimate of drug-likeness (QED) is 0.620. The zero-order valence-corrected chi connectivity index (χ0v) is 9.11. The molecule has 0 aliphatic carbocycles. The third kappa shape index (κ3) is 4.32. The standard InChI is InChI=1S/C11H14ClNO2/c12-11(9-5-2-1-3-6-9)15-10(14)7-4-8-13/h1-3,5-6,11H,4,7-8,13H2. The molecule has 0 aliphatic rings. The molecule has 1 aromatic rings. The summed E-state index contributed by atoms with van der Waals surface area (Å²) in [6.07, 6.45) is 0.934. The van der Waals surface area contributed by atoms with E-state index >= 15 is 0 Å². The van der Waals surface area contributed by atoms with Crippen LogP contribution in [-0.4, -0.2) is 12.5 Å². The molecular formula is C11H14ClNO2. The Hall–Kier alpha value is -1.06. The molecule has 0 spiro atoms. The van der Waals surface area contributed by atoms with E-state index in [1.807, 2.05) is 30.3 Å². The summed E-state index contributed by atoms with van der Waals surface area (Å²) in [5.41, 5.74) is 5.34. The van der Waals surface area contributed by atoms with E-state index in [0.717, 1.165) is 5.56 Å². The molecule has 0 saturated carbocycles. The number of alkyl halides is 1. The number of halogens is 1. The van der Waals surface area contributed by atoms with Crippen molar-refractivity contribution >= 4 is 17.6 Å². The molecule has 0 amide bonds. The largest absolute Gasteiger partial charge is 0.441 e. The van der Waals surface area contributed by atoms with Crippen molar-refractivity contribution in [1.29, 1.82) is 0 Å². The summed E-state index contributed by atoms with van der Waals surface area (Å²) >= 11 is 5.91. The van der Waals surface area contributed by atoms with Crippen LogP contribution in [-0.2, 0) is 9.53 Å². The topological polar surface area (TPSA) is 52.3 Å². The lowest BCUT2D eigenvalue weighted by molar-refractivity contribution is -0.145. The van der Waals surface area contributed by atoms with Crippen LogP contribution >= 0.6 is 11.6 Å². The van der Waals surface area contributed by atoms with E-state index in [4.69, 9.17) is 22.1 Å². The van der Waals surface area contributed by atoms with Crippen LogP contribution in [0.3, 0.4) is 0 Å². The molecule has 3 nitrogen and oxygen atoms in total. The maximum Gasteiger partial charge on any atom is 0.307 e. The molecule has 0 saturated heterocycles. The fraction of sp³-hybridized carbons (Fsp3) is 0.364. The molecule has 15 heavy (non-hydrogen) atoms. The zero-order valence-electron chi connectivity index (χ0n) is 8.36. The van der Waals surface area contributed by atoms with Crippen molar-refractivity contribution in [2.45, 2.75) is 18.4 Å². The molecule has 4 heteroatoms. The number of benzene rings is 1. The Labute approximate surface area is 94.2 Å². The molecule has 1 atom stereocenters. The molecule has 0 fully saturated rings. The van der Waals surface area contributed by atoms with E-state index in [9.17, 15) is 4.79 Å². The van der Waals surface area contributed by atoms with Crippen LogP contribution < -0.4 is 5.73 Å². The first-order chi connectivity index (χ1) is 7.24. The second kappa shape index (κ2) is 6.43. The molecular weight excluding hydrogens is 214 g/mol. The zero-order chi connectivity index (χ0) is 11.1. The minimum atomic E-state index is -0.712. The van der Waals surface area contributed by atoms with Gasteiger partial charge < -0.3 is 10.5 Å². The van der Waals surface area contributed by atoms with E-state index in [0.29, 0.717) is 19.4 Å². The van der Waals surface area contributed by atoms with E-state index in [-0.39, 0.29) is 5.97 Å². The van der Waals surface area contributed by atoms with Gasteiger partial charge in [-0.3, -0.25) is 4.79 Å². The average molecular weight is 228 g/mol. The molecule has 0 bridgehead atoms. The highest BCUT2D eigenvalue weighted by Crippen LogP contribution is 2.21. The molecule has 0 radical (unpaired) electrons. The highest BCUT2D eigenvalue weighted by atomic mass is 35.5. The summed E-state index contributed by atoms with van der Waals surface area (Å²) in [7, 11) is 0. The molecule has 0 heterocycles. The van der Waals surface area contributed by atoms with Gasteiger partial charge >= 0.3 is 5.97 Å². The summed E-state index contributed by atoms with van der Waals surface area (Å²) < 4.78 is 5.01. The van der Waals surface area contributed by atoms with Gasteiger partial charge in [-0.1, -0.05) is 41.9 Å². The van der Waals surface area contributed by atoms with Crippen LogP contribution in [0, 0.1) is 0 Å². The predicted molar refractivity (Wildman–Crippen MR) is 59.4 cm³/mol. The minimum absolute atomic E-state index is 0.312. The van der Waals surface area contributed by atoms with Gasteiger partial charge in [0.2, 0.25) is 5.56 Å². The van der Waals surface area contributed by atoms with Crippen molar-refractivity contribution in [3.05, 3.63) is 35.9 Å². The smallest absolute Gasteiger partial charge is 0.307 e. The third-order valence-electron chi connectivity index (χ3n) is 1.88. The van der Waals surface area contributed by atoms with Gasteiger partial charge in [0.1, 0.15) is 0 Å². The van der Waals surface area contributed by atoms with Crippen molar-refractivity contribution in [1.82, 2.24) is 0 Å². The lowest BCUT2D eigenvalue weighted by Gasteiger charge is -2.10. The Kier molecular flexibility index (Phi) is 5.15. The second-order valence-corrected chi connectivity index (χ2v) is 3.51. The number of carbonyl (C=O) groups excluding carboxylic acids is 1. The fourth-order valence-electron chi connectivity index (χ4n) is 1.09. The SMILES string of the molecule is NCCCC(=O)OC(Cl)c1ccccc1. The Morgan fingerprint density at radius 2 is 2.07 bits per heavy atom. The first-order valence-corrected chi connectivity index (χ1v) is 5.26. The summed E-state index contributed by atoms with van der Waals surface area (Å²) in [4.78, 5) is 11.2. The molecule has 1 unspecified atom stereocenters. The molecule has 2 N–H and O–H groups in total. The number of ether oxygens (including phenoxy) is 1.